The second-order valence-electron chi connectivity index (χ2n) is 3.81. The van der Waals surface area contributed by atoms with Crippen LogP contribution < -0.4 is 5.69 Å². The van der Waals surface area contributed by atoms with Crippen LogP contribution in [0.3, 0.4) is 0 Å². The van der Waals surface area contributed by atoms with Crippen LogP contribution in [0.5, 0.6) is 0 Å². The maximum Gasteiger partial charge on any atom is 0.344 e. The lowest BCUT2D eigenvalue weighted by molar-refractivity contribution is 0.642. The van der Waals surface area contributed by atoms with E-state index >= 15 is 0 Å². The van der Waals surface area contributed by atoms with Crippen LogP contribution in [0.2, 0.25) is 0 Å². The molecule has 3 rings (SSSR count). The van der Waals surface area contributed by atoms with Gasteiger partial charge < -0.3 is 0 Å². The number of aromatic amines is 1. The van der Waals surface area contributed by atoms with Crippen molar-refractivity contribution in [2.45, 2.75) is 29.1 Å². The van der Waals surface area contributed by atoms with Crippen LogP contribution >= 0.6 is 27.7 Å². The van der Waals surface area contributed by atoms with Gasteiger partial charge in [0.25, 0.3) is 0 Å². The van der Waals surface area contributed by atoms with Crippen LogP contribution in [0.1, 0.15) is 18.9 Å². The molecule has 0 bridgehead atoms. The van der Waals surface area contributed by atoms with E-state index in [4.69, 9.17) is 0 Å². The summed E-state index contributed by atoms with van der Waals surface area (Å²) in [7, 11) is 0. The van der Waals surface area contributed by atoms with Crippen molar-refractivity contribution in [3.8, 4) is 0 Å². The van der Waals surface area contributed by atoms with Crippen molar-refractivity contribution in [2.75, 3.05) is 0 Å². The molecule has 0 aliphatic heterocycles. The predicted octanol–water partition coefficient (Wildman–Crippen LogP) is 2.21. The summed E-state index contributed by atoms with van der Waals surface area (Å²) < 4.78 is 2.49. The van der Waals surface area contributed by atoms with E-state index < -0.39 is 0 Å². The zero-order chi connectivity index (χ0) is 11.8. The smallest absolute Gasteiger partial charge is 0.267 e. The number of halogens is 1. The van der Waals surface area contributed by atoms with E-state index in [9.17, 15) is 4.79 Å². The lowest BCUT2D eigenvalue weighted by atomic mass is 10.5. The molecule has 0 amide bonds. The molecule has 0 aromatic carbocycles. The third-order valence-electron chi connectivity index (χ3n) is 2.47. The summed E-state index contributed by atoms with van der Waals surface area (Å²) in [5.41, 5.74) is -0.134. The van der Waals surface area contributed by atoms with Crippen LogP contribution in [0, 0.1) is 0 Å². The monoisotopic (exact) mass is 312 g/mol. The van der Waals surface area contributed by atoms with Crippen LogP contribution in [0.4, 0.5) is 0 Å². The van der Waals surface area contributed by atoms with Gasteiger partial charge in [-0.3, -0.25) is 4.57 Å². The Balaban J connectivity index is 1.92. The van der Waals surface area contributed by atoms with Crippen molar-refractivity contribution in [3.05, 3.63) is 33.3 Å². The zero-order valence-corrected chi connectivity index (χ0v) is 11.2. The van der Waals surface area contributed by atoms with Gasteiger partial charge >= 0.3 is 5.69 Å². The van der Waals surface area contributed by atoms with Gasteiger partial charge in [0.15, 0.2) is 5.16 Å². The Labute approximate surface area is 110 Å². The van der Waals surface area contributed by atoms with E-state index in [1.165, 1.54) is 11.8 Å². The third-order valence-corrected chi connectivity index (χ3v) is 3.82. The van der Waals surface area contributed by atoms with Crippen molar-refractivity contribution in [2.24, 2.45) is 0 Å². The molecule has 0 unspecified atom stereocenters. The fourth-order valence-corrected chi connectivity index (χ4v) is 2.92. The largest absolute Gasteiger partial charge is 0.344 e. The molecule has 1 fully saturated rings. The van der Waals surface area contributed by atoms with Crippen LogP contribution in [0.15, 0.2) is 37.8 Å². The summed E-state index contributed by atoms with van der Waals surface area (Å²) in [6, 6.07) is 5.98. The Morgan fingerprint density at radius 2 is 2.29 bits per heavy atom. The molecule has 0 atom stereocenters. The van der Waals surface area contributed by atoms with Crippen LogP contribution in [-0.2, 0) is 0 Å². The minimum atomic E-state index is -0.134. The van der Waals surface area contributed by atoms with Crippen molar-refractivity contribution < 1.29 is 0 Å². The minimum absolute atomic E-state index is 0.134. The number of hydrogen-bond acceptors (Lipinski definition) is 4. The highest BCUT2D eigenvalue weighted by atomic mass is 79.9. The summed E-state index contributed by atoms with van der Waals surface area (Å²) >= 11 is 4.72. The van der Waals surface area contributed by atoms with Gasteiger partial charge in [0.05, 0.1) is 0 Å². The molecule has 2 heterocycles. The van der Waals surface area contributed by atoms with Crippen molar-refractivity contribution >= 4 is 27.7 Å². The molecular weight excluding hydrogens is 304 g/mol. The second kappa shape index (κ2) is 4.30. The lowest BCUT2D eigenvalue weighted by Crippen LogP contribution is -2.16. The summed E-state index contributed by atoms with van der Waals surface area (Å²) in [6.07, 6.45) is 2.11. The Morgan fingerprint density at radius 3 is 3.00 bits per heavy atom. The molecule has 1 saturated carbocycles. The highest BCUT2D eigenvalue weighted by Crippen LogP contribution is 2.37. The van der Waals surface area contributed by atoms with Gasteiger partial charge in [0.1, 0.15) is 9.63 Å². The summed E-state index contributed by atoms with van der Waals surface area (Å²) in [5.74, 6) is 0. The molecule has 1 aliphatic carbocycles. The molecule has 0 spiro atoms. The first kappa shape index (κ1) is 11.0. The van der Waals surface area contributed by atoms with Gasteiger partial charge in [0, 0.05) is 6.04 Å². The van der Waals surface area contributed by atoms with Gasteiger partial charge in [0.2, 0.25) is 0 Å². The van der Waals surface area contributed by atoms with Crippen molar-refractivity contribution in [3.63, 3.8) is 0 Å². The Hall–Kier alpha value is -1.08. The van der Waals surface area contributed by atoms with E-state index in [1.807, 2.05) is 18.2 Å². The molecule has 2 aromatic rings. The quantitative estimate of drug-likeness (QED) is 0.883. The first-order valence-electron chi connectivity index (χ1n) is 5.21. The Bertz CT molecular complexity index is 604. The third kappa shape index (κ3) is 2.30. The van der Waals surface area contributed by atoms with Gasteiger partial charge in [-0.25, -0.2) is 14.9 Å². The number of H-pyrrole nitrogens is 1. The van der Waals surface area contributed by atoms with Gasteiger partial charge in [-0.05, 0) is 52.7 Å². The molecule has 0 radical (unpaired) electrons. The van der Waals surface area contributed by atoms with E-state index in [-0.39, 0.29) is 5.69 Å². The van der Waals surface area contributed by atoms with E-state index in [2.05, 4.69) is 31.1 Å². The highest BCUT2D eigenvalue weighted by Gasteiger charge is 2.28. The normalized spacial score (nSPS) is 15.1. The van der Waals surface area contributed by atoms with E-state index in [0.717, 1.165) is 22.5 Å². The molecule has 17 heavy (non-hydrogen) atoms. The fraction of sp³-hybridized carbons (Fsp3) is 0.300. The van der Waals surface area contributed by atoms with E-state index in [1.54, 1.807) is 4.57 Å². The number of nitrogens with zero attached hydrogens (tertiary/aromatic N) is 3. The average molecular weight is 313 g/mol. The maximum absolute atomic E-state index is 11.6. The lowest BCUT2D eigenvalue weighted by Gasteiger charge is -2.02. The molecule has 1 aliphatic rings. The molecule has 0 saturated heterocycles. The zero-order valence-electron chi connectivity index (χ0n) is 8.76. The van der Waals surface area contributed by atoms with Gasteiger partial charge in [-0.1, -0.05) is 6.07 Å². The molecule has 5 nitrogen and oxygen atoms in total. The number of nitrogens with one attached hydrogen (secondary N) is 1. The van der Waals surface area contributed by atoms with E-state index in [0.29, 0.717) is 11.2 Å². The summed E-state index contributed by atoms with van der Waals surface area (Å²) in [4.78, 5) is 15.9. The first-order chi connectivity index (χ1) is 8.24. The van der Waals surface area contributed by atoms with Crippen LogP contribution in [0.25, 0.3) is 0 Å². The second-order valence-corrected chi connectivity index (χ2v) is 5.61. The number of pyridine rings is 1. The topological polar surface area (TPSA) is 63.6 Å². The molecule has 1 N–H and O–H groups in total. The SMILES string of the molecule is O=c1[nH]nc(Sc2cccc(Br)n2)n1C1CC1. The summed E-state index contributed by atoms with van der Waals surface area (Å²) in [6.45, 7) is 0. The molecule has 88 valence electrons. The Morgan fingerprint density at radius 1 is 1.47 bits per heavy atom. The number of rotatable bonds is 3. The number of aromatic nitrogens is 4. The summed E-state index contributed by atoms with van der Waals surface area (Å²) in [5, 5.41) is 8.03. The van der Waals surface area contributed by atoms with Gasteiger partial charge in [-0.15, -0.1) is 5.10 Å². The Kier molecular flexibility index (Phi) is 2.79. The average Bonchev–Trinajstić information content (AvgIpc) is 3.05. The minimum Gasteiger partial charge on any atom is -0.267 e. The van der Waals surface area contributed by atoms with Gasteiger partial charge in [-0.2, -0.15) is 0 Å². The van der Waals surface area contributed by atoms with Crippen LogP contribution in [-0.4, -0.2) is 19.7 Å². The number of hydrogen-bond donors (Lipinski definition) is 1. The maximum atomic E-state index is 11.6. The standard InChI is InChI=1S/C10H9BrN4OS/c11-7-2-1-3-8(12-7)17-10-14-13-9(16)15(10)6-4-5-6/h1-3,6H,4-5H2,(H,13,16). The van der Waals surface area contributed by atoms with Crippen molar-refractivity contribution in [1.29, 1.82) is 0 Å². The fourth-order valence-electron chi connectivity index (χ4n) is 1.56. The van der Waals surface area contributed by atoms with Crippen molar-refractivity contribution in [1.82, 2.24) is 19.7 Å². The highest BCUT2D eigenvalue weighted by molar-refractivity contribution is 9.10. The molecular formula is C10H9BrN4OS. The molecule has 7 heteroatoms. The molecule has 2 aromatic heterocycles. The predicted molar refractivity (Wildman–Crippen MR) is 67.2 cm³/mol. The first-order valence-corrected chi connectivity index (χ1v) is 6.82.